The molecule has 2 aromatic carbocycles. The van der Waals surface area contributed by atoms with E-state index >= 15 is 0 Å². The molecule has 0 aliphatic carbocycles. The van der Waals surface area contributed by atoms with Crippen LogP contribution in [0.1, 0.15) is 54.2 Å². The third-order valence-electron chi connectivity index (χ3n) is 5.45. The summed E-state index contributed by atoms with van der Waals surface area (Å²) in [7, 11) is 0. The van der Waals surface area contributed by atoms with E-state index in [1.54, 1.807) is 12.3 Å². The average Bonchev–Trinajstić information content (AvgIpc) is 3.18. The molecule has 1 saturated heterocycles. The number of aromatic hydroxyl groups is 1. The number of hydrogen-bond acceptors (Lipinski definition) is 6. The van der Waals surface area contributed by atoms with Gasteiger partial charge in [0, 0.05) is 23.8 Å². The van der Waals surface area contributed by atoms with Crippen LogP contribution < -0.4 is 0 Å². The number of carboxylic acids is 1. The molecule has 0 unspecified atom stereocenters. The van der Waals surface area contributed by atoms with Crippen LogP contribution in [0.3, 0.4) is 0 Å². The van der Waals surface area contributed by atoms with E-state index in [-0.39, 0.29) is 28.9 Å². The smallest absolute Gasteiger partial charge is 0.339 e. The molecule has 8 heteroatoms. The number of nitrogens with zero attached hydrogens (tertiary/aromatic N) is 2. The number of carbonyl (C=O) groups is 2. The normalized spacial score (nSPS) is 16.9. The SMILES string of the molecule is Cc1c(Br)cccc1C=Nc1cc(CN2CC[C@@H](C(=O)OC(C)(C)C)C2)cc(C(=O)O)c1O. The average molecular weight is 517 g/mol. The molecule has 1 atom stereocenters. The Morgan fingerprint density at radius 1 is 1.30 bits per heavy atom. The fourth-order valence-corrected chi connectivity index (χ4v) is 4.13. The zero-order valence-electron chi connectivity index (χ0n) is 19.3. The Morgan fingerprint density at radius 2 is 2.03 bits per heavy atom. The molecule has 7 nitrogen and oxygen atoms in total. The highest BCUT2D eigenvalue weighted by molar-refractivity contribution is 9.10. The molecule has 2 aromatic rings. The summed E-state index contributed by atoms with van der Waals surface area (Å²) in [6, 6.07) is 8.84. The Balaban J connectivity index is 1.81. The van der Waals surface area contributed by atoms with Crippen LogP contribution in [-0.2, 0) is 16.1 Å². The number of benzene rings is 2. The van der Waals surface area contributed by atoms with Crippen molar-refractivity contribution < 1.29 is 24.5 Å². The summed E-state index contributed by atoms with van der Waals surface area (Å²) in [5.41, 5.74) is 2.00. The number of aromatic carboxylic acids is 1. The first-order valence-corrected chi connectivity index (χ1v) is 11.6. The quantitative estimate of drug-likeness (QED) is 0.410. The summed E-state index contributed by atoms with van der Waals surface area (Å²) in [5, 5.41) is 20.1. The second-order valence-electron chi connectivity index (χ2n) is 9.28. The molecule has 0 amide bonds. The Labute approximate surface area is 202 Å². The number of aliphatic imine (C=N–C) groups is 1. The number of hydrogen-bond donors (Lipinski definition) is 2. The van der Waals surface area contributed by atoms with E-state index in [9.17, 15) is 19.8 Å². The Hall–Kier alpha value is -2.71. The predicted octanol–water partition coefficient (Wildman–Crippen LogP) is 5.08. The van der Waals surface area contributed by atoms with Gasteiger partial charge in [-0.05, 0) is 75.5 Å². The highest BCUT2D eigenvalue weighted by Gasteiger charge is 2.32. The van der Waals surface area contributed by atoms with Gasteiger partial charge in [-0.1, -0.05) is 28.1 Å². The van der Waals surface area contributed by atoms with E-state index in [1.807, 2.05) is 45.9 Å². The second kappa shape index (κ2) is 10.1. The van der Waals surface area contributed by atoms with E-state index < -0.39 is 11.6 Å². The number of halogens is 1. The summed E-state index contributed by atoms with van der Waals surface area (Å²) in [6.07, 6.45) is 2.30. The Kier molecular flexibility index (Phi) is 7.59. The number of rotatable bonds is 6. The van der Waals surface area contributed by atoms with E-state index in [4.69, 9.17) is 4.74 Å². The van der Waals surface area contributed by atoms with E-state index in [0.29, 0.717) is 31.6 Å². The maximum Gasteiger partial charge on any atom is 0.339 e. The van der Waals surface area contributed by atoms with Crippen molar-refractivity contribution in [1.82, 2.24) is 4.90 Å². The topological polar surface area (TPSA) is 99.4 Å². The largest absolute Gasteiger partial charge is 0.505 e. The summed E-state index contributed by atoms with van der Waals surface area (Å²) in [4.78, 5) is 30.6. The van der Waals surface area contributed by atoms with Crippen LogP contribution in [0.4, 0.5) is 5.69 Å². The van der Waals surface area contributed by atoms with Gasteiger partial charge >= 0.3 is 11.9 Å². The Morgan fingerprint density at radius 3 is 2.70 bits per heavy atom. The zero-order chi connectivity index (χ0) is 24.3. The second-order valence-corrected chi connectivity index (χ2v) is 10.1. The van der Waals surface area contributed by atoms with Crippen LogP contribution in [0.25, 0.3) is 0 Å². The molecule has 1 aliphatic heterocycles. The molecule has 1 fully saturated rings. The fraction of sp³-hybridized carbons (Fsp3) is 0.400. The lowest BCUT2D eigenvalue weighted by Crippen LogP contribution is -2.30. The van der Waals surface area contributed by atoms with Gasteiger partial charge in [-0.3, -0.25) is 14.7 Å². The van der Waals surface area contributed by atoms with Crippen molar-refractivity contribution in [3.05, 3.63) is 57.1 Å². The molecule has 176 valence electrons. The molecule has 0 spiro atoms. The lowest BCUT2D eigenvalue weighted by Gasteiger charge is -2.22. The van der Waals surface area contributed by atoms with Gasteiger partial charge in [0.15, 0.2) is 5.75 Å². The first-order valence-electron chi connectivity index (χ1n) is 10.8. The number of esters is 1. The van der Waals surface area contributed by atoms with Gasteiger partial charge in [0.1, 0.15) is 16.9 Å². The number of carbonyl (C=O) groups excluding carboxylic acids is 1. The monoisotopic (exact) mass is 516 g/mol. The van der Waals surface area contributed by atoms with Gasteiger partial charge in [-0.15, -0.1) is 0 Å². The third kappa shape index (κ3) is 6.42. The van der Waals surface area contributed by atoms with Crippen LogP contribution in [0.5, 0.6) is 5.75 Å². The molecular formula is C25H29BrN2O5. The van der Waals surface area contributed by atoms with E-state index in [1.165, 1.54) is 6.07 Å². The van der Waals surface area contributed by atoms with Gasteiger partial charge in [-0.25, -0.2) is 4.79 Å². The van der Waals surface area contributed by atoms with Gasteiger partial charge in [0.2, 0.25) is 0 Å². The van der Waals surface area contributed by atoms with E-state index in [0.717, 1.165) is 15.6 Å². The van der Waals surface area contributed by atoms with Crippen molar-refractivity contribution in [2.75, 3.05) is 13.1 Å². The first-order chi connectivity index (χ1) is 15.4. The van der Waals surface area contributed by atoms with Crippen LogP contribution in [0, 0.1) is 12.8 Å². The Bertz CT molecular complexity index is 1090. The molecule has 0 radical (unpaired) electrons. The molecule has 1 aliphatic rings. The highest BCUT2D eigenvalue weighted by atomic mass is 79.9. The fourth-order valence-electron chi connectivity index (χ4n) is 3.75. The standard InChI is InChI=1S/C25H29BrN2O5/c1-15-17(6-5-7-20(15)26)12-27-21-11-16(10-19(22(21)29)23(30)31)13-28-9-8-18(14-28)24(32)33-25(2,3)4/h5-7,10-12,18,29H,8-9,13-14H2,1-4H3,(H,30,31)/t18-/m1/s1. The maximum atomic E-state index is 12.4. The number of phenols is 1. The van der Waals surface area contributed by atoms with Crippen molar-refractivity contribution >= 4 is 39.8 Å². The van der Waals surface area contributed by atoms with Crippen molar-refractivity contribution in [3.8, 4) is 5.75 Å². The molecule has 0 bridgehead atoms. The summed E-state index contributed by atoms with van der Waals surface area (Å²) in [5.74, 6) is -2.02. The number of likely N-dealkylation sites (tertiary alicyclic amines) is 1. The zero-order valence-corrected chi connectivity index (χ0v) is 20.8. The van der Waals surface area contributed by atoms with Crippen molar-refractivity contribution in [3.63, 3.8) is 0 Å². The molecule has 0 aromatic heterocycles. The highest BCUT2D eigenvalue weighted by Crippen LogP contribution is 2.33. The molecular weight excluding hydrogens is 488 g/mol. The van der Waals surface area contributed by atoms with Gasteiger partial charge in [-0.2, -0.15) is 0 Å². The van der Waals surface area contributed by atoms with Crippen LogP contribution in [0.2, 0.25) is 0 Å². The summed E-state index contributed by atoms with van der Waals surface area (Å²) >= 11 is 3.48. The molecule has 2 N–H and O–H groups in total. The third-order valence-corrected chi connectivity index (χ3v) is 6.31. The predicted molar refractivity (Wildman–Crippen MR) is 130 cm³/mol. The molecule has 0 saturated carbocycles. The summed E-state index contributed by atoms with van der Waals surface area (Å²) < 4.78 is 6.43. The van der Waals surface area contributed by atoms with Gasteiger partial charge < -0.3 is 14.9 Å². The van der Waals surface area contributed by atoms with E-state index in [2.05, 4.69) is 25.8 Å². The van der Waals surface area contributed by atoms with Crippen molar-refractivity contribution in [2.24, 2.45) is 10.9 Å². The summed E-state index contributed by atoms with van der Waals surface area (Å²) in [6.45, 7) is 9.16. The maximum absolute atomic E-state index is 12.4. The lowest BCUT2D eigenvalue weighted by molar-refractivity contribution is -0.159. The molecule has 3 rings (SSSR count). The number of ether oxygens (including phenoxy) is 1. The minimum atomic E-state index is -1.22. The minimum absolute atomic E-state index is 0.187. The van der Waals surface area contributed by atoms with Crippen LogP contribution in [0.15, 0.2) is 39.8 Å². The first kappa shape index (κ1) is 24.9. The lowest BCUT2D eigenvalue weighted by atomic mass is 10.1. The minimum Gasteiger partial charge on any atom is -0.505 e. The molecule has 33 heavy (non-hydrogen) atoms. The van der Waals surface area contributed by atoms with Gasteiger partial charge in [0.25, 0.3) is 0 Å². The van der Waals surface area contributed by atoms with Crippen molar-refractivity contribution in [1.29, 1.82) is 0 Å². The number of carboxylic acid groups (broad SMARTS) is 1. The van der Waals surface area contributed by atoms with Crippen LogP contribution >= 0.6 is 15.9 Å². The van der Waals surface area contributed by atoms with Crippen LogP contribution in [-0.4, -0.2) is 52.0 Å². The van der Waals surface area contributed by atoms with Crippen molar-refractivity contribution in [2.45, 2.75) is 46.3 Å². The molecule has 1 heterocycles. The van der Waals surface area contributed by atoms with Gasteiger partial charge in [0.05, 0.1) is 5.92 Å².